The summed E-state index contributed by atoms with van der Waals surface area (Å²) in [5.41, 5.74) is 0. The van der Waals surface area contributed by atoms with Crippen LogP contribution in [0.5, 0.6) is 0 Å². The molecule has 0 aromatic carbocycles. The van der Waals surface area contributed by atoms with Crippen molar-refractivity contribution < 1.29 is 12.8 Å². The quantitative estimate of drug-likeness (QED) is 0.820. The smallest absolute Gasteiger partial charge is 0.276 e. The lowest BCUT2D eigenvalue weighted by Crippen LogP contribution is -2.47. The van der Waals surface area contributed by atoms with E-state index in [-0.39, 0.29) is 17.2 Å². The molecule has 1 fully saturated rings. The Labute approximate surface area is 127 Å². The Balaban J connectivity index is 2.15. The number of rotatable bonds is 6. The largest absolute Gasteiger partial charge is 0.447 e. The fourth-order valence-electron chi connectivity index (χ4n) is 2.96. The van der Waals surface area contributed by atoms with Crippen LogP contribution in [-0.2, 0) is 16.6 Å². The number of hydrogen-bond donors (Lipinski definition) is 1. The number of hydrogen-bond acceptors (Lipinski definition) is 4. The van der Waals surface area contributed by atoms with Crippen molar-refractivity contribution in [3.05, 3.63) is 17.9 Å². The number of nitrogens with zero attached hydrogens (tertiary/aromatic N) is 1. The molecular weight excluding hydrogens is 288 g/mol. The average Bonchev–Trinajstić information content (AvgIpc) is 2.88. The molecule has 1 aromatic rings. The van der Waals surface area contributed by atoms with Crippen molar-refractivity contribution in [1.82, 2.24) is 9.62 Å². The molecule has 1 aliphatic heterocycles. The van der Waals surface area contributed by atoms with Crippen LogP contribution in [0, 0.1) is 0 Å². The Kier molecular flexibility index (Phi) is 5.46. The van der Waals surface area contributed by atoms with Gasteiger partial charge in [-0.15, -0.1) is 0 Å². The Morgan fingerprint density at radius 3 is 2.57 bits per heavy atom. The monoisotopic (exact) mass is 314 g/mol. The zero-order valence-corrected chi connectivity index (χ0v) is 13.9. The van der Waals surface area contributed by atoms with E-state index in [2.05, 4.69) is 12.2 Å². The van der Waals surface area contributed by atoms with Gasteiger partial charge < -0.3 is 9.73 Å². The minimum atomic E-state index is -3.53. The zero-order valence-electron chi connectivity index (χ0n) is 13.1. The number of sulfonamides is 1. The number of piperidine rings is 1. The maximum atomic E-state index is 12.8. The minimum absolute atomic E-state index is 0.0329. The van der Waals surface area contributed by atoms with Crippen LogP contribution in [0.2, 0.25) is 0 Å². The van der Waals surface area contributed by atoms with E-state index in [1.54, 1.807) is 16.4 Å². The van der Waals surface area contributed by atoms with Crippen LogP contribution in [0.1, 0.15) is 52.2 Å². The topological polar surface area (TPSA) is 62.6 Å². The van der Waals surface area contributed by atoms with Gasteiger partial charge in [-0.05, 0) is 51.8 Å². The molecule has 0 bridgehead atoms. The lowest BCUT2D eigenvalue weighted by Gasteiger charge is -2.36. The molecule has 2 atom stereocenters. The van der Waals surface area contributed by atoms with E-state index >= 15 is 0 Å². The van der Waals surface area contributed by atoms with Crippen LogP contribution < -0.4 is 5.32 Å². The van der Waals surface area contributed by atoms with E-state index in [1.807, 2.05) is 13.8 Å². The lowest BCUT2D eigenvalue weighted by atomic mass is 10.0. The first kappa shape index (κ1) is 16.5. The first-order valence-electron chi connectivity index (χ1n) is 7.79. The molecule has 21 heavy (non-hydrogen) atoms. The Bertz CT molecular complexity index is 543. The van der Waals surface area contributed by atoms with Crippen LogP contribution in [0.4, 0.5) is 0 Å². The summed E-state index contributed by atoms with van der Waals surface area (Å²) in [6, 6.07) is 3.39. The molecule has 0 radical (unpaired) electrons. The normalized spacial score (nSPS) is 24.3. The van der Waals surface area contributed by atoms with Gasteiger partial charge in [0.2, 0.25) is 5.09 Å². The van der Waals surface area contributed by atoms with E-state index in [0.29, 0.717) is 12.3 Å². The van der Waals surface area contributed by atoms with E-state index in [1.165, 1.54) is 0 Å². The van der Waals surface area contributed by atoms with Crippen LogP contribution in [-0.4, -0.2) is 31.4 Å². The Morgan fingerprint density at radius 1 is 1.29 bits per heavy atom. The molecule has 1 saturated heterocycles. The summed E-state index contributed by atoms with van der Waals surface area (Å²) in [5, 5.41) is 3.28. The van der Waals surface area contributed by atoms with Crippen molar-refractivity contribution in [2.45, 2.75) is 70.2 Å². The fourth-order valence-corrected chi connectivity index (χ4v) is 4.77. The molecule has 2 heterocycles. The first-order valence-corrected chi connectivity index (χ1v) is 9.23. The molecule has 2 unspecified atom stereocenters. The van der Waals surface area contributed by atoms with Crippen LogP contribution in [0.25, 0.3) is 0 Å². The van der Waals surface area contributed by atoms with Gasteiger partial charge in [-0.25, -0.2) is 8.42 Å². The highest BCUT2D eigenvalue weighted by Gasteiger charge is 2.37. The molecule has 2 rings (SSSR count). The zero-order chi connectivity index (χ0) is 15.5. The molecule has 1 aromatic heterocycles. The molecule has 1 aliphatic rings. The lowest BCUT2D eigenvalue weighted by molar-refractivity contribution is 0.199. The summed E-state index contributed by atoms with van der Waals surface area (Å²) in [4.78, 5) is 0. The van der Waals surface area contributed by atoms with Gasteiger partial charge in [-0.1, -0.05) is 13.3 Å². The molecular formula is C15H26N2O3S. The van der Waals surface area contributed by atoms with Crippen molar-refractivity contribution in [3.63, 3.8) is 0 Å². The molecule has 0 saturated carbocycles. The summed E-state index contributed by atoms with van der Waals surface area (Å²) in [7, 11) is -3.53. The maximum Gasteiger partial charge on any atom is 0.276 e. The van der Waals surface area contributed by atoms with E-state index in [9.17, 15) is 8.42 Å². The second-order valence-corrected chi connectivity index (χ2v) is 7.64. The average molecular weight is 314 g/mol. The van der Waals surface area contributed by atoms with Crippen molar-refractivity contribution in [2.75, 3.05) is 6.54 Å². The standard InChI is InChI=1S/C15H26N2O3S/c1-4-10-16-11-14-8-9-15(20-14)21(18,19)17-12(2)6-5-7-13(17)3/h8-9,12-13,16H,4-7,10-11H2,1-3H3. The molecule has 120 valence electrons. The summed E-state index contributed by atoms with van der Waals surface area (Å²) in [5.74, 6) is 0.666. The Hall–Kier alpha value is -0.850. The number of furan rings is 1. The van der Waals surface area contributed by atoms with Crippen LogP contribution in [0.15, 0.2) is 21.6 Å². The summed E-state index contributed by atoms with van der Waals surface area (Å²) in [6.07, 6.45) is 3.94. The van der Waals surface area contributed by atoms with Gasteiger partial charge in [0.05, 0.1) is 6.54 Å². The van der Waals surface area contributed by atoms with Crippen LogP contribution >= 0.6 is 0 Å². The summed E-state index contributed by atoms with van der Waals surface area (Å²) < 4.78 is 32.7. The first-order chi connectivity index (χ1) is 9.96. The third-order valence-corrected chi connectivity index (χ3v) is 6.01. The highest BCUT2D eigenvalue weighted by atomic mass is 32.2. The van der Waals surface area contributed by atoms with Gasteiger partial charge >= 0.3 is 0 Å². The van der Waals surface area contributed by atoms with Gasteiger partial charge in [0.25, 0.3) is 10.0 Å². The third-order valence-electron chi connectivity index (χ3n) is 4.01. The highest BCUT2D eigenvalue weighted by molar-refractivity contribution is 7.89. The number of nitrogens with one attached hydrogen (secondary N) is 1. The SMILES string of the molecule is CCCNCc1ccc(S(=O)(=O)N2C(C)CCCC2C)o1. The van der Waals surface area contributed by atoms with Crippen LogP contribution in [0.3, 0.4) is 0 Å². The van der Waals surface area contributed by atoms with Gasteiger partial charge in [0, 0.05) is 12.1 Å². The van der Waals surface area contributed by atoms with Crippen molar-refractivity contribution in [3.8, 4) is 0 Å². The predicted molar refractivity (Wildman–Crippen MR) is 82.5 cm³/mol. The summed E-state index contributed by atoms with van der Waals surface area (Å²) >= 11 is 0. The van der Waals surface area contributed by atoms with Gasteiger partial charge in [-0.3, -0.25) is 0 Å². The molecule has 6 heteroatoms. The highest BCUT2D eigenvalue weighted by Crippen LogP contribution is 2.30. The van der Waals surface area contributed by atoms with Crippen molar-refractivity contribution >= 4 is 10.0 Å². The fraction of sp³-hybridized carbons (Fsp3) is 0.733. The van der Waals surface area contributed by atoms with E-state index in [4.69, 9.17) is 4.42 Å². The molecule has 5 nitrogen and oxygen atoms in total. The predicted octanol–water partition coefficient (Wildman–Crippen LogP) is 2.73. The molecule has 0 amide bonds. The molecule has 1 N–H and O–H groups in total. The van der Waals surface area contributed by atoms with E-state index in [0.717, 1.165) is 32.2 Å². The third kappa shape index (κ3) is 3.67. The minimum Gasteiger partial charge on any atom is -0.447 e. The van der Waals surface area contributed by atoms with Gasteiger partial charge in [-0.2, -0.15) is 4.31 Å². The molecule has 0 spiro atoms. The van der Waals surface area contributed by atoms with Crippen molar-refractivity contribution in [2.24, 2.45) is 0 Å². The Morgan fingerprint density at radius 2 is 1.95 bits per heavy atom. The maximum absolute atomic E-state index is 12.8. The van der Waals surface area contributed by atoms with E-state index < -0.39 is 10.0 Å². The second-order valence-electron chi connectivity index (χ2n) is 5.86. The molecule has 0 aliphatic carbocycles. The van der Waals surface area contributed by atoms with Crippen molar-refractivity contribution in [1.29, 1.82) is 0 Å². The van der Waals surface area contributed by atoms with Gasteiger partial charge in [0.1, 0.15) is 5.76 Å². The van der Waals surface area contributed by atoms with Gasteiger partial charge in [0.15, 0.2) is 0 Å². The second kappa shape index (κ2) is 6.94. The summed E-state index contributed by atoms with van der Waals surface area (Å²) in [6.45, 7) is 7.49.